The topological polar surface area (TPSA) is 49.4 Å². The van der Waals surface area contributed by atoms with Crippen LogP contribution in [0.1, 0.15) is 19.8 Å². The van der Waals surface area contributed by atoms with E-state index in [2.05, 4.69) is 0 Å². The van der Waals surface area contributed by atoms with E-state index in [1.165, 1.54) is 0 Å². The molecule has 1 saturated heterocycles. The van der Waals surface area contributed by atoms with Crippen LogP contribution in [-0.2, 0) is 9.59 Å². The van der Waals surface area contributed by atoms with E-state index in [4.69, 9.17) is 0 Å². The van der Waals surface area contributed by atoms with Crippen LogP contribution in [0.25, 0.3) is 0 Å². The minimum Gasteiger partial charge on any atom is -0.299 e. The largest absolute Gasteiger partial charge is 0.319 e. The quantitative estimate of drug-likeness (QED) is 0.579. The van der Waals surface area contributed by atoms with Gasteiger partial charge in [-0.2, -0.15) is 8.78 Å². The van der Waals surface area contributed by atoms with Crippen LogP contribution in [0.5, 0.6) is 0 Å². The van der Waals surface area contributed by atoms with Crippen molar-refractivity contribution in [3.05, 3.63) is 0 Å². The molecule has 1 N–H and O–H groups in total. The number of likely N-dealkylation sites (tertiary alicyclic amines) is 1. The lowest BCUT2D eigenvalue weighted by atomic mass is 10.2. The number of rotatable bonds is 6. The molecule has 1 aliphatic heterocycles. The lowest BCUT2D eigenvalue weighted by Crippen LogP contribution is -2.46. The van der Waals surface area contributed by atoms with E-state index in [1.807, 2.05) is 5.32 Å². The number of nitrogens with zero attached hydrogens (tertiary/aromatic N) is 1. The number of imide groups is 1. The maximum absolute atomic E-state index is 12.6. The van der Waals surface area contributed by atoms with Crippen LogP contribution in [-0.4, -0.2) is 48.2 Å². The first-order chi connectivity index (χ1) is 8.29. The molecular formula is C10H14F4N2O2. The zero-order chi connectivity index (χ0) is 13.9. The maximum Gasteiger partial charge on any atom is 0.319 e. The third-order valence-electron chi connectivity index (χ3n) is 2.59. The van der Waals surface area contributed by atoms with E-state index in [1.54, 1.807) is 6.92 Å². The van der Waals surface area contributed by atoms with Crippen molar-refractivity contribution in [1.82, 2.24) is 10.2 Å². The zero-order valence-electron chi connectivity index (χ0n) is 9.76. The molecular weight excluding hydrogens is 256 g/mol. The highest BCUT2D eigenvalue weighted by Gasteiger charge is 2.44. The highest BCUT2D eigenvalue weighted by molar-refractivity contribution is 6.05. The number of alkyl halides is 4. The number of hydrogen-bond donors (Lipinski definition) is 1. The van der Waals surface area contributed by atoms with E-state index < -0.39 is 36.7 Å². The van der Waals surface area contributed by atoms with Crippen molar-refractivity contribution in [2.24, 2.45) is 0 Å². The fraction of sp³-hybridized carbons (Fsp3) is 0.800. The smallest absolute Gasteiger partial charge is 0.299 e. The predicted molar refractivity (Wildman–Crippen MR) is 54.4 cm³/mol. The Labute approximate surface area is 101 Å². The van der Waals surface area contributed by atoms with Gasteiger partial charge in [0.1, 0.15) is 0 Å². The minimum atomic E-state index is -4.21. The van der Waals surface area contributed by atoms with Crippen molar-refractivity contribution in [1.29, 1.82) is 0 Å². The molecule has 1 unspecified atom stereocenters. The van der Waals surface area contributed by atoms with E-state index >= 15 is 0 Å². The summed E-state index contributed by atoms with van der Waals surface area (Å²) in [6.45, 7) is 0.641. The fourth-order valence-corrected chi connectivity index (χ4v) is 1.64. The molecule has 8 heteroatoms. The highest BCUT2D eigenvalue weighted by Crippen LogP contribution is 2.22. The molecule has 4 nitrogen and oxygen atoms in total. The molecule has 1 heterocycles. The number of halogens is 4. The lowest BCUT2D eigenvalue weighted by Gasteiger charge is -2.18. The molecule has 0 aromatic heterocycles. The van der Waals surface area contributed by atoms with Gasteiger partial charge in [0.15, 0.2) is 0 Å². The number of carbonyl (C=O) groups is 2. The van der Waals surface area contributed by atoms with Gasteiger partial charge in [-0.3, -0.25) is 19.8 Å². The van der Waals surface area contributed by atoms with Gasteiger partial charge in [-0.15, -0.1) is 0 Å². The van der Waals surface area contributed by atoms with E-state index in [-0.39, 0.29) is 13.0 Å². The highest BCUT2D eigenvalue weighted by atomic mass is 19.3. The molecule has 1 rings (SSSR count). The summed E-state index contributed by atoms with van der Waals surface area (Å²) in [5.74, 6) is -5.31. The van der Waals surface area contributed by atoms with E-state index in [0.29, 0.717) is 6.42 Å². The minimum absolute atomic E-state index is 0.209. The average molecular weight is 270 g/mol. The van der Waals surface area contributed by atoms with E-state index in [9.17, 15) is 27.2 Å². The number of hydrogen-bond acceptors (Lipinski definition) is 3. The van der Waals surface area contributed by atoms with Crippen LogP contribution in [0, 0.1) is 0 Å². The summed E-state index contributed by atoms with van der Waals surface area (Å²) in [4.78, 5) is 23.9. The molecule has 1 aliphatic rings. The lowest BCUT2D eigenvalue weighted by molar-refractivity contribution is -0.139. The third kappa shape index (κ3) is 3.18. The molecule has 0 saturated carbocycles. The normalized spacial score (nSPS) is 21.2. The number of nitrogens with one attached hydrogen (secondary N) is 1. The Morgan fingerprint density at radius 2 is 2.06 bits per heavy atom. The first kappa shape index (κ1) is 14.9. The maximum atomic E-state index is 12.6. The van der Waals surface area contributed by atoms with Crippen molar-refractivity contribution in [2.75, 3.05) is 13.1 Å². The van der Waals surface area contributed by atoms with Gasteiger partial charge in [0, 0.05) is 6.54 Å². The van der Waals surface area contributed by atoms with Crippen LogP contribution < -0.4 is 5.32 Å². The molecule has 1 fully saturated rings. The summed E-state index contributed by atoms with van der Waals surface area (Å²) in [5.41, 5.74) is 0. The monoisotopic (exact) mass is 270 g/mol. The van der Waals surface area contributed by atoms with Gasteiger partial charge in [0.05, 0.1) is 19.0 Å². The Morgan fingerprint density at radius 1 is 1.44 bits per heavy atom. The summed E-state index contributed by atoms with van der Waals surface area (Å²) in [6.07, 6.45) is -3.51. The third-order valence-corrected chi connectivity index (χ3v) is 2.59. The summed E-state index contributed by atoms with van der Waals surface area (Å²) < 4.78 is 49.1. The van der Waals surface area contributed by atoms with Gasteiger partial charge >= 0.3 is 12.3 Å². The molecule has 104 valence electrons. The SMILES string of the molecule is CCCN1C(=O)CC(NCC(F)(F)C(F)F)C1=O. The van der Waals surface area contributed by atoms with Crippen molar-refractivity contribution >= 4 is 11.8 Å². The van der Waals surface area contributed by atoms with Crippen LogP contribution in [0.15, 0.2) is 0 Å². The summed E-state index contributed by atoms with van der Waals surface area (Å²) in [5, 5.41) is 2.03. The Kier molecular flexibility index (Phi) is 4.66. The summed E-state index contributed by atoms with van der Waals surface area (Å²) in [7, 11) is 0. The molecule has 1 atom stereocenters. The van der Waals surface area contributed by atoms with Gasteiger partial charge in [-0.05, 0) is 6.42 Å². The molecule has 0 spiro atoms. The Hall–Kier alpha value is -1.18. The van der Waals surface area contributed by atoms with Gasteiger partial charge in [-0.25, -0.2) is 8.78 Å². The standard InChI is InChI=1S/C10H14F4N2O2/c1-2-3-16-7(17)4-6(8(16)18)15-5-10(13,14)9(11)12/h6,9,15H,2-5H2,1H3. The second-order valence-corrected chi connectivity index (χ2v) is 4.08. The molecule has 0 aromatic carbocycles. The van der Waals surface area contributed by atoms with Crippen molar-refractivity contribution in [2.45, 2.75) is 38.2 Å². The average Bonchev–Trinajstić information content (AvgIpc) is 2.54. The number of amides is 2. The summed E-state index contributed by atoms with van der Waals surface area (Å²) >= 11 is 0. The second kappa shape index (κ2) is 5.64. The molecule has 18 heavy (non-hydrogen) atoms. The van der Waals surface area contributed by atoms with Crippen LogP contribution >= 0.6 is 0 Å². The van der Waals surface area contributed by atoms with Crippen molar-refractivity contribution in [3.8, 4) is 0 Å². The molecule has 2 amide bonds. The van der Waals surface area contributed by atoms with Gasteiger partial charge in [0.2, 0.25) is 11.8 Å². The Bertz CT molecular complexity index is 336. The first-order valence-electron chi connectivity index (χ1n) is 5.53. The van der Waals surface area contributed by atoms with Gasteiger partial charge in [0.25, 0.3) is 0 Å². The van der Waals surface area contributed by atoms with Crippen molar-refractivity contribution < 1.29 is 27.2 Å². The fourth-order valence-electron chi connectivity index (χ4n) is 1.64. The van der Waals surface area contributed by atoms with Crippen molar-refractivity contribution in [3.63, 3.8) is 0 Å². The molecule has 0 radical (unpaired) electrons. The Balaban J connectivity index is 2.55. The predicted octanol–water partition coefficient (Wildman–Crippen LogP) is 1.01. The van der Waals surface area contributed by atoms with Crippen LogP contribution in [0.4, 0.5) is 17.6 Å². The second-order valence-electron chi connectivity index (χ2n) is 4.08. The van der Waals surface area contributed by atoms with E-state index in [0.717, 1.165) is 4.90 Å². The first-order valence-corrected chi connectivity index (χ1v) is 5.53. The number of carbonyl (C=O) groups excluding carboxylic acids is 2. The van der Waals surface area contributed by atoms with Gasteiger partial charge < -0.3 is 0 Å². The Morgan fingerprint density at radius 3 is 2.56 bits per heavy atom. The summed E-state index contributed by atoms with van der Waals surface area (Å²) in [6, 6.07) is -1.13. The van der Waals surface area contributed by atoms with Crippen LogP contribution in [0.3, 0.4) is 0 Å². The zero-order valence-corrected chi connectivity index (χ0v) is 9.76. The van der Waals surface area contributed by atoms with Gasteiger partial charge in [-0.1, -0.05) is 6.92 Å². The van der Waals surface area contributed by atoms with Crippen LogP contribution in [0.2, 0.25) is 0 Å². The molecule has 0 aromatic rings. The molecule has 0 bridgehead atoms. The molecule has 0 aliphatic carbocycles.